The van der Waals surface area contributed by atoms with Crippen molar-refractivity contribution in [3.05, 3.63) is 107 Å². The van der Waals surface area contributed by atoms with Crippen LogP contribution in [0, 0.1) is 11.7 Å². The molecule has 0 unspecified atom stereocenters. The van der Waals surface area contributed by atoms with Gasteiger partial charge in [-0.3, -0.25) is 9.78 Å². The maximum Gasteiger partial charge on any atom is 0.435 e. The second-order valence-electron chi connectivity index (χ2n) is 9.93. The number of nitrogens with one attached hydrogen (secondary N) is 1. The highest BCUT2D eigenvalue weighted by Gasteiger charge is 2.37. The summed E-state index contributed by atoms with van der Waals surface area (Å²) < 4.78 is 56.5. The first-order valence-electron chi connectivity index (χ1n) is 12.8. The normalized spacial score (nSPS) is 15.1. The van der Waals surface area contributed by atoms with Gasteiger partial charge in [-0.05, 0) is 60.2 Å². The van der Waals surface area contributed by atoms with Crippen LogP contribution in [-0.4, -0.2) is 25.8 Å². The van der Waals surface area contributed by atoms with E-state index in [1.165, 1.54) is 30.5 Å². The molecule has 0 saturated heterocycles. The molecule has 11 heteroatoms. The van der Waals surface area contributed by atoms with Crippen LogP contribution in [0.1, 0.15) is 58.6 Å². The van der Waals surface area contributed by atoms with Crippen LogP contribution in [0.3, 0.4) is 0 Å². The number of carbonyl (C=O) groups is 1. The van der Waals surface area contributed by atoms with Crippen molar-refractivity contribution in [2.75, 3.05) is 5.32 Å². The molecule has 4 N–H and O–H groups in total. The lowest BCUT2D eigenvalue weighted by molar-refractivity contribution is -0.141. The first kappa shape index (κ1) is 27.5. The van der Waals surface area contributed by atoms with Crippen molar-refractivity contribution in [2.24, 2.45) is 11.7 Å². The number of anilines is 1. The van der Waals surface area contributed by atoms with Crippen molar-refractivity contribution in [1.82, 2.24) is 14.8 Å². The van der Waals surface area contributed by atoms with Gasteiger partial charge >= 0.3 is 6.18 Å². The maximum absolute atomic E-state index is 15.0. The minimum absolute atomic E-state index is 0.126. The summed E-state index contributed by atoms with van der Waals surface area (Å²) in [6.07, 6.45) is 1.53. The van der Waals surface area contributed by atoms with Crippen LogP contribution >= 0.6 is 0 Å². The third-order valence-electron chi connectivity index (χ3n) is 7.07. The number of hydrogen-bond acceptors (Lipinski definition) is 5. The molecule has 4 aromatic rings. The predicted molar refractivity (Wildman–Crippen MR) is 140 cm³/mol. The number of benzene rings is 2. The summed E-state index contributed by atoms with van der Waals surface area (Å²) in [6, 6.07) is 14.1. The molecule has 1 amide bonds. The zero-order valence-electron chi connectivity index (χ0n) is 21.3. The van der Waals surface area contributed by atoms with Crippen LogP contribution in [0.2, 0.25) is 0 Å². The average Bonchev–Trinajstić information content (AvgIpc) is 3.67. The molecule has 0 radical (unpaired) electrons. The summed E-state index contributed by atoms with van der Waals surface area (Å²) in [5.74, 6) is -1.33. The smallest absolute Gasteiger partial charge is 0.380 e. The monoisotopic (exact) mass is 553 g/mol. The molecule has 1 fully saturated rings. The van der Waals surface area contributed by atoms with Gasteiger partial charge in [-0.2, -0.15) is 18.3 Å². The molecule has 7 nitrogen and oxygen atoms in total. The Balaban J connectivity index is 1.51. The molecule has 0 aliphatic heterocycles. The molecule has 5 rings (SSSR count). The molecule has 1 saturated carbocycles. The predicted octanol–water partition coefficient (Wildman–Crippen LogP) is 5.56. The Labute approximate surface area is 227 Å². The first-order valence-corrected chi connectivity index (χ1v) is 12.8. The van der Waals surface area contributed by atoms with Crippen molar-refractivity contribution in [1.29, 1.82) is 0 Å². The molecular formula is C29H27F4N5O2. The van der Waals surface area contributed by atoms with Gasteiger partial charge < -0.3 is 16.2 Å². The summed E-state index contributed by atoms with van der Waals surface area (Å²) in [6.45, 7) is 0.126. The number of nitrogens with zero attached hydrogens (tertiary/aromatic N) is 3. The zero-order valence-corrected chi connectivity index (χ0v) is 21.3. The van der Waals surface area contributed by atoms with Gasteiger partial charge in [0.2, 0.25) is 0 Å². The molecule has 2 heterocycles. The molecule has 40 heavy (non-hydrogen) atoms. The maximum atomic E-state index is 15.0. The number of pyridine rings is 1. The van der Waals surface area contributed by atoms with Gasteiger partial charge in [0.15, 0.2) is 5.69 Å². The summed E-state index contributed by atoms with van der Waals surface area (Å²) >= 11 is 0. The SMILES string of the molecule is NCc1cccc(-n2nc(C(F)(F)F)cc2C(=O)Nc2cc([C@](O)(CCC3CC3)c3cccnc3)ccc2F)c1. The molecule has 1 aliphatic rings. The second kappa shape index (κ2) is 10.8. The number of aliphatic hydroxyl groups is 1. The Kier molecular flexibility index (Phi) is 7.43. The fraction of sp³-hybridized carbons (Fsp3) is 0.276. The molecule has 1 aliphatic carbocycles. The van der Waals surface area contributed by atoms with Crippen LogP contribution in [0.15, 0.2) is 73.1 Å². The summed E-state index contributed by atoms with van der Waals surface area (Å²) in [4.78, 5) is 17.4. The molecule has 0 bridgehead atoms. The number of carbonyl (C=O) groups excluding carboxylic acids is 1. The van der Waals surface area contributed by atoms with Gasteiger partial charge in [0.25, 0.3) is 5.91 Å². The fourth-order valence-corrected chi connectivity index (χ4v) is 4.64. The summed E-state index contributed by atoms with van der Waals surface area (Å²) in [5.41, 5.74) is 3.74. The van der Waals surface area contributed by atoms with E-state index in [4.69, 9.17) is 5.73 Å². The van der Waals surface area contributed by atoms with E-state index in [0.717, 1.165) is 30.0 Å². The first-order chi connectivity index (χ1) is 19.1. The molecule has 1 atom stereocenters. The van der Waals surface area contributed by atoms with Crippen molar-refractivity contribution >= 4 is 11.6 Å². The van der Waals surface area contributed by atoms with Crippen molar-refractivity contribution < 1.29 is 27.5 Å². The minimum atomic E-state index is -4.82. The standard InChI is InChI=1S/C29H27F4N5O2/c30-23-9-8-20(28(40,11-10-18-6-7-18)21-4-2-12-35-17-21)14-24(23)36-27(39)25-15-26(29(31,32)33)37-38(25)22-5-1-3-19(13-22)16-34/h1-5,8-9,12-15,17-18,40H,6-7,10-11,16,34H2,(H,36,39)/t28-/m1/s1. The molecule has 2 aromatic carbocycles. The zero-order chi connectivity index (χ0) is 28.5. The number of hydrogen-bond donors (Lipinski definition) is 3. The van der Waals surface area contributed by atoms with E-state index in [9.17, 15) is 27.5 Å². The summed E-state index contributed by atoms with van der Waals surface area (Å²) in [7, 11) is 0. The third-order valence-corrected chi connectivity index (χ3v) is 7.07. The number of rotatable bonds is 9. The lowest BCUT2D eigenvalue weighted by Gasteiger charge is -2.30. The van der Waals surface area contributed by atoms with Crippen molar-refractivity contribution in [2.45, 2.75) is 44.0 Å². The van der Waals surface area contributed by atoms with E-state index in [1.807, 2.05) is 0 Å². The number of aromatic nitrogens is 3. The lowest BCUT2D eigenvalue weighted by atomic mass is 9.82. The molecule has 0 spiro atoms. The van der Waals surface area contributed by atoms with E-state index >= 15 is 0 Å². The highest BCUT2D eigenvalue weighted by atomic mass is 19.4. The van der Waals surface area contributed by atoms with Crippen LogP contribution in [0.5, 0.6) is 0 Å². The highest BCUT2D eigenvalue weighted by Crippen LogP contribution is 2.41. The van der Waals surface area contributed by atoms with E-state index in [-0.39, 0.29) is 17.9 Å². The van der Waals surface area contributed by atoms with E-state index < -0.39 is 34.9 Å². The minimum Gasteiger partial charge on any atom is -0.380 e. The van der Waals surface area contributed by atoms with Crippen LogP contribution in [0.4, 0.5) is 23.2 Å². The number of halogens is 4. The van der Waals surface area contributed by atoms with Crippen LogP contribution in [0.25, 0.3) is 5.69 Å². The number of alkyl halides is 3. The molecule has 208 valence electrons. The lowest BCUT2D eigenvalue weighted by Crippen LogP contribution is -2.28. The van der Waals surface area contributed by atoms with Gasteiger partial charge in [0, 0.05) is 30.6 Å². The molecule has 2 aromatic heterocycles. The fourth-order valence-electron chi connectivity index (χ4n) is 4.64. The second-order valence-corrected chi connectivity index (χ2v) is 9.93. The Morgan fingerprint density at radius 3 is 2.55 bits per heavy atom. The third kappa shape index (κ3) is 5.75. The van der Waals surface area contributed by atoms with Gasteiger partial charge in [0.05, 0.1) is 11.4 Å². The van der Waals surface area contributed by atoms with Gasteiger partial charge in [-0.1, -0.05) is 37.1 Å². The van der Waals surface area contributed by atoms with Crippen LogP contribution < -0.4 is 11.1 Å². The Bertz CT molecular complexity index is 1520. The summed E-state index contributed by atoms with van der Waals surface area (Å²) in [5, 5.41) is 17.8. The van der Waals surface area contributed by atoms with Gasteiger partial charge in [-0.15, -0.1) is 0 Å². The van der Waals surface area contributed by atoms with Gasteiger partial charge in [0.1, 0.15) is 17.1 Å². The van der Waals surface area contributed by atoms with Gasteiger partial charge in [-0.25, -0.2) is 9.07 Å². The van der Waals surface area contributed by atoms with Crippen LogP contribution in [-0.2, 0) is 18.3 Å². The molecular weight excluding hydrogens is 526 g/mol. The van der Waals surface area contributed by atoms with Crippen molar-refractivity contribution in [3.8, 4) is 5.69 Å². The number of amides is 1. The Hall–Kier alpha value is -4.09. The van der Waals surface area contributed by atoms with Crippen molar-refractivity contribution in [3.63, 3.8) is 0 Å². The van der Waals surface area contributed by atoms with E-state index in [2.05, 4.69) is 15.4 Å². The number of nitrogens with two attached hydrogens (primary N) is 1. The van der Waals surface area contributed by atoms with E-state index in [0.29, 0.717) is 35.1 Å². The Morgan fingerprint density at radius 2 is 1.88 bits per heavy atom. The average molecular weight is 554 g/mol. The van der Waals surface area contributed by atoms with E-state index in [1.54, 1.807) is 30.5 Å². The Morgan fingerprint density at radius 1 is 1.07 bits per heavy atom. The highest BCUT2D eigenvalue weighted by molar-refractivity contribution is 6.03. The topological polar surface area (TPSA) is 106 Å². The largest absolute Gasteiger partial charge is 0.435 e. The quantitative estimate of drug-likeness (QED) is 0.235.